The average molecular weight is 308 g/mol. The lowest BCUT2D eigenvalue weighted by Crippen LogP contribution is -2.05. The maximum Gasteiger partial charge on any atom is 0.313 e. The van der Waals surface area contributed by atoms with Crippen molar-refractivity contribution in [1.82, 2.24) is 19.5 Å². The molecular formula is C13H16N4O3S. The molecule has 0 bridgehead atoms. The number of carboxylic acids is 1. The van der Waals surface area contributed by atoms with E-state index in [1.807, 2.05) is 4.57 Å². The van der Waals surface area contributed by atoms with Gasteiger partial charge >= 0.3 is 5.97 Å². The normalized spacial score (nSPS) is 19.7. The first kappa shape index (κ1) is 14.1. The van der Waals surface area contributed by atoms with Gasteiger partial charge in [0.1, 0.15) is 6.33 Å². The van der Waals surface area contributed by atoms with E-state index in [0.29, 0.717) is 22.2 Å². The number of aromatic nitrogens is 4. The van der Waals surface area contributed by atoms with Gasteiger partial charge in [0.15, 0.2) is 16.3 Å². The quantitative estimate of drug-likeness (QED) is 0.845. The fourth-order valence-electron chi connectivity index (χ4n) is 2.41. The molecule has 1 N–H and O–H groups in total. The summed E-state index contributed by atoms with van der Waals surface area (Å²) in [6.07, 6.45) is 2.46. The topological polar surface area (TPSA) is 90.1 Å². The number of fused-ring (bicyclic) bond motifs is 1. The van der Waals surface area contributed by atoms with Crippen molar-refractivity contribution in [3.63, 3.8) is 0 Å². The Morgan fingerprint density at radius 2 is 2.29 bits per heavy atom. The predicted molar refractivity (Wildman–Crippen MR) is 77.7 cm³/mol. The van der Waals surface area contributed by atoms with Crippen LogP contribution in [0.2, 0.25) is 0 Å². The lowest BCUT2D eigenvalue weighted by molar-refractivity contribution is -0.133. The highest BCUT2D eigenvalue weighted by molar-refractivity contribution is 7.99. The highest BCUT2D eigenvalue weighted by Gasteiger charge is 2.49. The van der Waals surface area contributed by atoms with Gasteiger partial charge in [0.2, 0.25) is 5.88 Å². The Labute approximate surface area is 125 Å². The molecule has 7 nitrogen and oxygen atoms in total. The van der Waals surface area contributed by atoms with Crippen molar-refractivity contribution in [3.8, 4) is 5.88 Å². The highest BCUT2D eigenvalue weighted by atomic mass is 32.2. The second kappa shape index (κ2) is 4.87. The van der Waals surface area contributed by atoms with E-state index in [-0.39, 0.29) is 17.2 Å². The molecule has 0 aromatic carbocycles. The highest BCUT2D eigenvalue weighted by Crippen LogP contribution is 2.57. The van der Waals surface area contributed by atoms with E-state index in [4.69, 9.17) is 9.84 Å². The molecule has 1 aliphatic carbocycles. The summed E-state index contributed by atoms with van der Waals surface area (Å²) in [5.41, 5.74) is 1.45. The number of hydrogen-bond acceptors (Lipinski definition) is 6. The van der Waals surface area contributed by atoms with Crippen LogP contribution in [0.15, 0.2) is 11.5 Å². The van der Waals surface area contributed by atoms with Crippen molar-refractivity contribution in [2.24, 2.45) is 5.41 Å². The minimum absolute atomic E-state index is 0.0355. The van der Waals surface area contributed by atoms with Gasteiger partial charge in [0.05, 0.1) is 12.9 Å². The number of aliphatic carboxylic acids is 1. The Bertz CT molecular complexity index is 713. The lowest BCUT2D eigenvalue weighted by atomic mass is 10.2. The molecule has 0 saturated heterocycles. The predicted octanol–water partition coefficient (Wildman–Crippen LogP) is 1.98. The summed E-state index contributed by atoms with van der Waals surface area (Å²) in [5.74, 6) is -0.493. The molecule has 0 aliphatic heterocycles. The maximum atomic E-state index is 10.8. The molecule has 1 aliphatic rings. The summed E-state index contributed by atoms with van der Waals surface area (Å²) in [5, 5.41) is 9.54. The van der Waals surface area contributed by atoms with Gasteiger partial charge in [0, 0.05) is 6.04 Å². The lowest BCUT2D eigenvalue weighted by Gasteiger charge is -2.09. The number of carbonyl (C=O) groups is 1. The summed E-state index contributed by atoms with van der Waals surface area (Å²) in [6, 6.07) is 0.276. The zero-order chi connectivity index (χ0) is 15.2. The molecule has 1 unspecified atom stereocenters. The summed E-state index contributed by atoms with van der Waals surface area (Å²) < 4.78 is 7.24. The van der Waals surface area contributed by atoms with E-state index in [1.165, 1.54) is 25.2 Å². The van der Waals surface area contributed by atoms with Crippen LogP contribution in [-0.2, 0) is 4.79 Å². The Morgan fingerprint density at radius 1 is 1.57 bits per heavy atom. The Kier molecular flexibility index (Phi) is 3.27. The van der Waals surface area contributed by atoms with Crippen molar-refractivity contribution in [3.05, 3.63) is 6.33 Å². The fraction of sp³-hybridized carbons (Fsp3) is 0.538. The number of carboxylic acid groups (broad SMARTS) is 1. The van der Waals surface area contributed by atoms with E-state index < -0.39 is 5.97 Å². The number of imidazole rings is 1. The van der Waals surface area contributed by atoms with Crippen LogP contribution >= 0.6 is 11.8 Å². The van der Waals surface area contributed by atoms with Gasteiger partial charge in [-0.2, -0.15) is 4.98 Å². The molecule has 3 rings (SSSR count). The number of nitrogens with zero attached hydrogens (tertiary/aromatic N) is 4. The first-order chi connectivity index (χ1) is 9.94. The molecular weight excluding hydrogens is 292 g/mol. The zero-order valence-electron chi connectivity index (χ0n) is 12.0. The molecule has 1 fully saturated rings. The third kappa shape index (κ3) is 2.44. The monoisotopic (exact) mass is 308 g/mol. The van der Waals surface area contributed by atoms with E-state index in [0.717, 1.165) is 6.42 Å². The summed E-state index contributed by atoms with van der Waals surface area (Å²) in [6.45, 7) is 4.35. The van der Waals surface area contributed by atoms with Gasteiger partial charge in [-0.1, -0.05) is 25.6 Å². The van der Waals surface area contributed by atoms with E-state index in [2.05, 4.69) is 28.8 Å². The Morgan fingerprint density at radius 3 is 2.86 bits per heavy atom. The van der Waals surface area contributed by atoms with Crippen LogP contribution in [0.1, 0.15) is 26.3 Å². The second-order valence-corrected chi connectivity index (χ2v) is 6.65. The molecule has 0 amide bonds. The maximum absolute atomic E-state index is 10.8. The summed E-state index contributed by atoms with van der Waals surface area (Å²) in [7, 11) is 1.53. The van der Waals surface area contributed by atoms with Crippen LogP contribution in [0.25, 0.3) is 11.2 Å². The largest absolute Gasteiger partial charge is 0.481 e. The van der Waals surface area contributed by atoms with Gasteiger partial charge in [-0.3, -0.25) is 9.36 Å². The van der Waals surface area contributed by atoms with Crippen molar-refractivity contribution < 1.29 is 14.6 Å². The zero-order valence-corrected chi connectivity index (χ0v) is 12.8. The van der Waals surface area contributed by atoms with Gasteiger partial charge in [-0.05, 0) is 11.8 Å². The molecule has 112 valence electrons. The van der Waals surface area contributed by atoms with Crippen molar-refractivity contribution in [2.45, 2.75) is 31.5 Å². The Balaban J connectivity index is 2.11. The van der Waals surface area contributed by atoms with Gasteiger partial charge in [0.25, 0.3) is 0 Å². The van der Waals surface area contributed by atoms with Crippen LogP contribution in [0.5, 0.6) is 5.88 Å². The third-order valence-corrected chi connectivity index (χ3v) is 4.64. The van der Waals surface area contributed by atoms with E-state index in [9.17, 15) is 4.79 Å². The van der Waals surface area contributed by atoms with Crippen LogP contribution in [0.3, 0.4) is 0 Å². The van der Waals surface area contributed by atoms with Crippen LogP contribution < -0.4 is 4.74 Å². The fourth-order valence-corrected chi connectivity index (χ4v) is 3.17. The number of methoxy groups -OCH3 is 1. The molecule has 1 saturated carbocycles. The van der Waals surface area contributed by atoms with Crippen molar-refractivity contribution in [2.75, 3.05) is 12.9 Å². The van der Waals surface area contributed by atoms with Crippen molar-refractivity contribution >= 4 is 28.9 Å². The Hall–Kier alpha value is -1.83. The number of rotatable bonds is 5. The molecule has 8 heteroatoms. The number of thioether (sulfide) groups is 1. The van der Waals surface area contributed by atoms with Crippen LogP contribution in [0.4, 0.5) is 0 Å². The third-order valence-electron chi connectivity index (χ3n) is 3.70. The van der Waals surface area contributed by atoms with Crippen molar-refractivity contribution in [1.29, 1.82) is 0 Å². The number of ether oxygens (including phenoxy) is 1. The summed E-state index contributed by atoms with van der Waals surface area (Å²) >= 11 is 1.20. The van der Waals surface area contributed by atoms with E-state index >= 15 is 0 Å². The second-order valence-electron chi connectivity index (χ2n) is 5.71. The first-order valence-electron chi connectivity index (χ1n) is 6.55. The smallest absolute Gasteiger partial charge is 0.313 e. The minimum atomic E-state index is -0.869. The van der Waals surface area contributed by atoms with Crippen LogP contribution in [0, 0.1) is 5.41 Å². The molecule has 0 radical (unpaired) electrons. The standard InChI is InChI=1S/C13H16N4O3S/c1-13(2)4-7(13)17-10-9(11(20-3)15-6-14-10)16-12(17)21-5-8(18)19/h6-7H,4-5H2,1-3H3,(H,18,19). The molecule has 2 aromatic heterocycles. The minimum Gasteiger partial charge on any atom is -0.481 e. The van der Waals surface area contributed by atoms with Crippen LogP contribution in [-0.4, -0.2) is 43.5 Å². The molecule has 21 heavy (non-hydrogen) atoms. The molecule has 0 spiro atoms. The average Bonchev–Trinajstić information content (AvgIpc) is 2.91. The van der Waals surface area contributed by atoms with Gasteiger partial charge in [-0.25, -0.2) is 9.97 Å². The van der Waals surface area contributed by atoms with E-state index in [1.54, 1.807) is 0 Å². The first-order valence-corrected chi connectivity index (χ1v) is 7.54. The molecule has 2 heterocycles. The SMILES string of the molecule is COc1ncnc2c1nc(SCC(=O)O)n2C1CC1(C)C. The summed E-state index contributed by atoms with van der Waals surface area (Å²) in [4.78, 5) is 23.7. The van der Waals surface area contributed by atoms with Gasteiger partial charge < -0.3 is 9.84 Å². The molecule has 2 aromatic rings. The number of hydrogen-bond donors (Lipinski definition) is 1. The molecule has 1 atom stereocenters. The van der Waals surface area contributed by atoms with Gasteiger partial charge in [-0.15, -0.1) is 0 Å².